The van der Waals surface area contributed by atoms with Crippen molar-refractivity contribution in [1.82, 2.24) is 9.97 Å². The van der Waals surface area contributed by atoms with E-state index in [1.165, 1.54) is 62.2 Å². The van der Waals surface area contributed by atoms with Crippen LogP contribution in [0.4, 0.5) is 0 Å². The Morgan fingerprint density at radius 2 is 0.909 bits per heavy atom. The van der Waals surface area contributed by atoms with Crippen LogP contribution < -0.4 is 10.9 Å². The van der Waals surface area contributed by atoms with E-state index in [2.05, 4.69) is 94.4 Å². The Morgan fingerprint density at radius 1 is 0.545 bits per heavy atom. The fraction of sp³-hybridized carbons (Fsp3) is 0.792. The average Bonchev–Trinajstić information content (AvgIpc) is 3.87. The van der Waals surface area contributed by atoms with Gasteiger partial charge >= 0.3 is 17.1 Å². The van der Waals surface area contributed by atoms with Crippen LogP contribution in [-0.2, 0) is 17.1 Å². The zero-order valence-corrected chi connectivity index (χ0v) is 43.2. The van der Waals surface area contributed by atoms with Gasteiger partial charge in [0.1, 0.15) is 0 Å². The van der Waals surface area contributed by atoms with Gasteiger partial charge in [0.15, 0.2) is 0 Å². The minimum atomic E-state index is -0.348. The number of aromatic nitrogens is 2. The maximum atomic E-state index is 5.06. The Kier molecular flexibility index (Phi) is 25.0. The molecule has 4 aliphatic rings. The van der Waals surface area contributed by atoms with Crippen molar-refractivity contribution in [3.05, 3.63) is 39.1 Å². The monoisotopic (exact) mass is 873 g/mol. The van der Waals surface area contributed by atoms with E-state index in [1.807, 2.05) is 12.1 Å². The molecular weight excluding hydrogens is 784 g/mol. The van der Waals surface area contributed by atoms with Crippen LogP contribution in [0.25, 0.3) is 11.0 Å². The topological polar surface area (TPSA) is 25.8 Å². The zero-order valence-electron chi connectivity index (χ0n) is 38.5. The van der Waals surface area contributed by atoms with E-state index in [9.17, 15) is 0 Å². The molecule has 0 radical (unpaired) electrons. The maximum absolute atomic E-state index is 5.06. The molecule has 2 aromatic rings. The largest absolute Gasteiger partial charge is 2.00 e. The van der Waals surface area contributed by atoms with E-state index < -0.39 is 0 Å². The van der Waals surface area contributed by atoms with Crippen LogP contribution in [0, 0.1) is 20.8 Å². The molecule has 0 bridgehead atoms. The molecule has 4 fully saturated rings. The Labute approximate surface area is 360 Å². The minimum Gasteiger partial charge on any atom is -0.358 e. The Hall–Kier alpha value is 0.799. The Balaban J connectivity index is 0.000000467. The molecule has 0 amide bonds. The second kappa shape index (κ2) is 25.5. The third-order valence-corrected chi connectivity index (χ3v) is 26.8. The zero-order chi connectivity index (χ0) is 38.1. The van der Waals surface area contributed by atoms with E-state index in [0.717, 1.165) is 45.2 Å². The number of benzene rings is 1. The Morgan fingerprint density at radius 3 is 1.25 bits per heavy atom. The van der Waals surface area contributed by atoms with Crippen molar-refractivity contribution >= 4 is 53.6 Å². The number of hydrogen-bond donors (Lipinski definition) is 0. The quantitative estimate of drug-likeness (QED) is 0.150. The predicted molar refractivity (Wildman–Crippen MR) is 259 cm³/mol. The Bertz CT molecular complexity index is 1240. The summed E-state index contributed by atoms with van der Waals surface area (Å²) in [5, 5.41) is 0.491. The molecule has 6 rings (SSSR count). The summed E-state index contributed by atoms with van der Waals surface area (Å²) >= 11 is 0. The van der Waals surface area contributed by atoms with Gasteiger partial charge in [-0.05, 0) is 115 Å². The van der Waals surface area contributed by atoms with Crippen LogP contribution in [0.1, 0.15) is 178 Å². The molecule has 1 heterocycles. The molecular formula is C48H88FeN2P4. The summed E-state index contributed by atoms with van der Waals surface area (Å²) < 4.78 is 0. The van der Waals surface area contributed by atoms with Gasteiger partial charge in [0.05, 0.1) is 21.9 Å². The van der Waals surface area contributed by atoms with E-state index in [1.54, 1.807) is 64.2 Å². The molecule has 7 heteroatoms. The molecule has 0 aliphatic heterocycles. The normalized spacial score (nSPS) is 23.2. The van der Waals surface area contributed by atoms with Gasteiger partial charge in [0.2, 0.25) is 0 Å². The van der Waals surface area contributed by atoms with Gasteiger partial charge < -0.3 is 14.9 Å². The summed E-state index contributed by atoms with van der Waals surface area (Å²) in [6.45, 7) is 29.0. The number of nitrogens with zero attached hydrogens (tertiary/aromatic N) is 2. The molecule has 1 aromatic heterocycles. The summed E-state index contributed by atoms with van der Waals surface area (Å²) in [6, 6.07) is 8.26. The van der Waals surface area contributed by atoms with Crippen LogP contribution in [0.3, 0.4) is 0 Å². The molecule has 55 heavy (non-hydrogen) atoms. The van der Waals surface area contributed by atoms with Crippen molar-refractivity contribution < 1.29 is 17.1 Å². The van der Waals surface area contributed by atoms with Gasteiger partial charge in [-0.1, -0.05) is 175 Å². The predicted octanol–water partition coefficient (Wildman–Crippen LogP) is 15.8. The molecule has 4 saturated carbocycles. The maximum Gasteiger partial charge on any atom is 2.00 e. The molecule has 1 aromatic carbocycles. The first-order valence-electron chi connectivity index (χ1n) is 21.8. The number of fused-ring (bicyclic) bond motifs is 1. The van der Waals surface area contributed by atoms with Crippen molar-refractivity contribution in [2.24, 2.45) is 5.92 Å². The van der Waals surface area contributed by atoms with Crippen molar-refractivity contribution in [1.29, 1.82) is 0 Å². The van der Waals surface area contributed by atoms with E-state index in [4.69, 9.17) is 9.97 Å². The minimum absolute atomic E-state index is 0. The SMILES string of the molecule is C1CCCC1.CC(C)P(C)C1CCCC1C(C)P(C1CCCCC1)C1CCCCC1.CP(c1nc2ccccc2nc1P(C)C(C)(C)C)C(C)(C)C.[CH3-].[CH3-].[Fe+2]. The molecule has 4 aliphatic carbocycles. The van der Waals surface area contributed by atoms with Crippen molar-refractivity contribution in [2.45, 2.75) is 216 Å². The molecule has 0 saturated heterocycles. The summed E-state index contributed by atoms with van der Waals surface area (Å²) in [4.78, 5) is 10.1. The van der Waals surface area contributed by atoms with Crippen molar-refractivity contribution in [3.63, 3.8) is 0 Å². The first-order chi connectivity index (χ1) is 24.6. The van der Waals surface area contributed by atoms with Gasteiger partial charge in [-0.3, -0.25) is 0 Å². The van der Waals surface area contributed by atoms with Crippen molar-refractivity contribution in [2.75, 3.05) is 20.0 Å². The fourth-order valence-electron chi connectivity index (χ4n) is 9.31. The third kappa shape index (κ3) is 15.7. The molecule has 6 atom stereocenters. The van der Waals surface area contributed by atoms with Crippen LogP contribution in [0.2, 0.25) is 0 Å². The summed E-state index contributed by atoms with van der Waals surface area (Å²) in [6.07, 6.45) is 27.8. The number of rotatable bonds is 8. The van der Waals surface area contributed by atoms with Crippen molar-refractivity contribution in [3.8, 4) is 0 Å². The molecule has 318 valence electrons. The van der Waals surface area contributed by atoms with Gasteiger partial charge in [0.25, 0.3) is 0 Å². The second-order valence-corrected chi connectivity index (χ2v) is 31.2. The second-order valence-electron chi connectivity index (χ2n) is 19.3. The summed E-state index contributed by atoms with van der Waals surface area (Å²) in [5.41, 5.74) is 9.95. The van der Waals surface area contributed by atoms with Crippen LogP contribution in [-0.4, -0.2) is 68.6 Å². The van der Waals surface area contributed by atoms with E-state index >= 15 is 0 Å². The molecule has 2 nitrogen and oxygen atoms in total. The number of para-hydroxylation sites is 2. The van der Waals surface area contributed by atoms with Gasteiger partial charge in [-0.2, -0.15) is 0 Å². The molecule has 0 spiro atoms. The van der Waals surface area contributed by atoms with Gasteiger partial charge in [-0.25, -0.2) is 9.97 Å². The van der Waals surface area contributed by atoms with Crippen LogP contribution in [0.5, 0.6) is 0 Å². The van der Waals surface area contributed by atoms with Gasteiger partial charge in [-0.15, -0.1) is 7.92 Å². The first-order valence-corrected chi connectivity index (χ1v) is 28.9. The fourth-order valence-corrected chi connectivity index (χ4v) is 19.9. The van der Waals surface area contributed by atoms with Gasteiger partial charge in [0, 0.05) is 0 Å². The smallest absolute Gasteiger partial charge is 0.358 e. The first kappa shape index (κ1) is 53.8. The summed E-state index contributed by atoms with van der Waals surface area (Å²) in [5.74, 6) is 1.09. The summed E-state index contributed by atoms with van der Waals surface area (Å²) in [7, 11) is -0.187. The third-order valence-electron chi connectivity index (χ3n) is 13.4. The standard InChI is InChI=1S/C23H44P2.C18H28N2P2.C5H10.2CH3.Fe/c1-18(2)24(4)23-17-11-16-22(23)19(3)25(20-12-7-5-8-13-20)21-14-9-6-10-15-21;1-17(2,3)21(7)15-16(22(8)18(4,5)6)20-14-12-10-9-11-13(14)19-15;1-2-4-5-3-1;;;/h18-23H,5-17H2,1-4H3;9-12H,1-8H3;1-5H2;2*1H3;/q;;;2*-1;+2. The molecule has 6 unspecified atom stereocenters. The molecule has 0 N–H and O–H groups in total. The van der Waals surface area contributed by atoms with E-state index in [-0.39, 0.29) is 73.9 Å². The van der Waals surface area contributed by atoms with Crippen LogP contribution >= 0.6 is 31.7 Å². The number of hydrogen-bond acceptors (Lipinski definition) is 2. The average molecular weight is 873 g/mol. The van der Waals surface area contributed by atoms with Crippen LogP contribution in [0.15, 0.2) is 24.3 Å². The van der Waals surface area contributed by atoms with E-state index in [0.29, 0.717) is 0 Å².